The van der Waals surface area contributed by atoms with Gasteiger partial charge < -0.3 is 40.3 Å². The number of aliphatic hydroxyl groups is 1. The second-order valence-corrected chi connectivity index (χ2v) is 18.2. The topological polar surface area (TPSA) is 179 Å². The molecule has 14 nitrogen and oxygen atoms in total. The molecule has 2 aliphatic heterocycles. The van der Waals surface area contributed by atoms with Crippen LogP contribution in [0.3, 0.4) is 0 Å². The SMILES string of the molecule is C#CCNC(=O)COCc1ncsc1-c1ccc(CNC(=O)[C@@H]2C[C@@H](O)CN2C(=O)[C@@H](NC(=O)C[C@@H]2CCN(C(=O)OCC3c4ccccc4-c4ccccc43)C2)C(C)(C)C)cc1. The van der Waals surface area contributed by atoms with Crippen LogP contribution in [0.15, 0.2) is 78.3 Å². The third kappa shape index (κ3) is 10.8. The molecule has 7 rings (SSSR count). The Bertz CT molecular complexity index is 2310. The van der Waals surface area contributed by atoms with Gasteiger partial charge in [0.25, 0.3) is 0 Å². The lowest BCUT2D eigenvalue weighted by Crippen LogP contribution is -2.57. The zero-order chi connectivity index (χ0) is 44.7. The number of nitrogens with one attached hydrogen (secondary N) is 3. The number of aromatic nitrogens is 1. The maximum atomic E-state index is 14.2. The van der Waals surface area contributed by atoms with E-state index in [9.17, 15) is 29.1 Å². The maximum absolute atomic E-state index is 14.2. The third-order valence-corrected chi connectivity index (χ3v) is 12.7. The third-order valence-electron chi connectivity index (χ3n) is 11.8. The van der Waals surface area contributed by atoms with Crippen LogP contribution in [0.25, 0.3) is 21.6 Å². The molecule has 3 aromatic carbocycles. The van der Waals surface area contributed by atoms with Crippen LogP contribution in [0.5, 0.6) is 0 Å². The lowest BCUT2D eigenvalue weighted by Gasteiger charge is -2.35. The predicted molar refractivity (Wildman–Crippen MR) is 238 cm³/mol. The van der Waals surface area contributed by atoms with E-state index in [0.29, 0.717) is 25.2 Å². The summed E-state index contributed by atoms with van der Waals surface area (Å²) in [4.78, 5) is 74.8. The molecule has 0 radical (unpaired) electrons. The van der Waals surface area contributed by atoms with E-state index in [1.165, 1.54) is 16.2 Å². The van der Waals surface area contributed by atoms with E-state index in [1.54, 1.807) is 10.4 Å². The van der Waals surface area contributed by atoms with Gasteiger partial charge in [0.1, 0.15) is 25.3 Å². The molecule has 63 heavy (non-hydrogen) atoms. The number of likely N-dealkylation sites (tertiary alicyclic amines) is 2. The minimum Gasteiger partial charge on any atom is -0.448 e. The number of aliphatic hydroxyl groups excluding tert-OH is 1. The molecule has 1 aliphatic carbocycles. The highest BCUT2D eigenvalue weighted by Gasteiger charge is 2.45. The summed E-state index contributed by atoms with van der Waals surface area (Å²) >= 11 is 1.44. The highest BCUT2D eigenvalue weighted by molar-refractivity contribution is 7.13. The van der Waals surface area contributed by atoms with Crippen molar-refractivity contribution in [1.82, 2.24) is 30.7 Å². The molecule has 1 aromatic heterocycles. The van der Waals surface area contributed by atoms with E-state index in [0.717, 1.165) is 38.3 Å². The molecular formula is C48H54N6O8S. The lowest BCUT2D eigenvalue weighted by molar-refractivity contribution is -0.144. The summed E-state index contributed by atoms with van der Waals surface area (Å²) in [5.74, 6) is 0.683. The second-order valence-electron chi connectivity index (χ2n) is 17.4. The van der Waals surface area contributed by atoms with Crippen LogP contribution in [0.4, 0.5) is 4.79 Å². The normalized spacial score (nSPS) is 18.6. The Balaban J connectivity index is 0.892. The Kier molecular flexibility index (Phi) is 14.2. The lowest BCUT2D eigenvalue weighted by atomic mass is 9.85. The molecule has 0 spiro atoms. The molecule has 4 N–H and O–H groups in total. The number of terminal acetylenes is 1. The molecule has 5 amide bonds. The first-order chi connectivity index (χ1) is 30.3. The average Bonchev–Trinajstić information content (AvgIpc) is 4.09. The maximum Gasteiger partial charge on any atom is 0.409 e. The number of hydrogen-bond acceptors (Lipinski definition) is 10. The van der Waals surface area contributed by atoms with Crippen molar-refractivity contribution in [3.63, 3.8) is 0 Å². The molecule has 3 aliphatic rings. The zero-order valence-corrected chi connectivity index (χ0v) is 36.6. The molecule has 2 saturated heterocycles. The number of nitrogens with zero attached hydrogens (tertiary/aromatic N) is 3. The van der Waals surface area contributed by atoms with Crippen molar-refractivity contribution in [2.24, 2.45) is 11.3 Å². The first-order valence-corrected chi connectivity index (χ1v) is 22.1. The summed E-state index contributed by atoms with van der Waals surface area (Å²) in [6.07, 6.45) is 4.65. The molecule has 0 unspecified atom stereocenters. The number of hydrogen-bond donors (Lipinski definition) is 4. The van der Waals surface area contributed by atoms with E-state index in [1.807, 2.05) is 69.3 Å². The number of benzene rings is 3. The number of carbonyl (C=O) groups excluding carboxylic acids is 5. The van der Waals surface area contributed by atoms with Crippen molar-refractivity contribution in [3.05, 3.63) is 101 Å². The van der Waals surface area contributed by atoms with Crippen molar-refractivity contribution in [2.75, 3.05) is 39.4 Å². The Hall–Kier alpha value is -6.08. The van der Waals surface area contributed by atoms with Crippen LogP contribution in [0, 0.1) is 23.7 Å². The standard InChI is InChI=1S/C48H54N6O8S/c1-5-19-49-42(57)28-61-27-39-43(63-29-51-39)32-16-14-30(15-17-32)23-50-45(58)40-22-33(55)25-54(40)46(59)44(48(2,3)4)52-41(56)21-31-18-20-53(24-31)47(60)62-26-38-36-12-8-6-10-34(36)35-11-7-9-13-37(35)38/h1,6-17,29,31,33,38,40,44,55H,18-28H2,2-4H3,(H,49,57)(H,50,58)(H,52,56)/t31-,33+,40-,44+/m0/s1. The van der Waals surface area contributed by atoms with Gasteiger partial charge in [0.15, 0.2) is 0 Å². The molecule has 330 valence electrons. The van der Waals surface area contributed by atoms with E-state index in [4.69, 9.17) is 15.9 Å². The fourth-order valence-electron chi connectivity index (χ4n) is 8.58. The Morgan fingerprint density at radius 3 is 2.33 bits per heavy atom. The van der Waals surface area contributed by atoms with E-state index >= 15 is 0 Å². The van der Waals surface area contributed by atoms with Crippen LogP contribution in [0.2, 0.25) is 0 Å². The van der Waals surface area contributed by atoms with E-state index < -0.39 is 41.5 Å². The molecule has 15 heteroatoms. The number of fused-ring (bicyclic) bond motifs is 3. The van der Waals surface area contributed by atoms with Gasteiger partial charge in [-0.15, -0.1) is 17.8 Å². The Morgan fingerprint density at radius 1 is 0.952 bits per heavy atom. The smallest absolute Gasteiger partial charge is 0.409 e. The molecule has 4 atom stereocenters. The first kappa shape index (κ1) is 45.0. The van der Waals surface area contributed by atoms with Crippen molar-refractivity contribution in [3.8, 4) is 33.9 Å². The number of thiazole rings is 1. The summed E-state index contributed by atoms with van der Waals surface area (Å²) in [7, 11) is 0. The molecule has 0 saturated carbocycles. The van der Waals surface area contributed by atoms with Gasteiger partial charge in [-0.2, -0.15) is 0 Å². The predicted octanol–water partition coefficient (Wildman–Crippen LogP) is 4.85. The van der Waals surface area contributed by atoms with Gasteiger partial charge in [0.05, 0.1) is 35.3 Å². The zero-order valence-electron chi connectivity index (χ0n) is 35.8. The number of amides is 5. The summed E-state index contributed by atoms with van der Waals surface area (Å²) in [5, 5.41) is 19.1. The fraction of sp³-hybridized carbons (Fsp3) is 0.417. The molecule has 2 fully saturated rings. The van der Waals surface area contributed by atoms with Gasteiger partial charge in [-0.05, 0) is 51.1 Å². The number of carbonyl (C=O) groups is 5. The van der Waals surface area contributed by atoms with Crippen LogP contribution < -0.4 is 16.0 Å². The van der Waals surface area contributed by atoms with Crippen molar-refractivity contribution in [1.29, 1.82) is 0 Å². The van der Waals surface area contributed by atoms with E-state index in [2.05, 4.69) is 51.1 Å². The highest BCUT2D eigenvalue weighted by atomic mass is 32.1. The summed E-state index contributed by atoms with van der Waals surface area (Å²) in [6, 6.07) is 22.0. The minimum atomic E-state index is -0.967. The van der Waals surface area contributed by atoms with Crippen LogP contribution in [-0.4, -0.2) is 107 Å². The summed E-state index contributed by atoms with van der Waals surface area (Å²) < 4.78 is 11.4. The number of rotatable bonds is 15. The monoisotopic (exact) mass is 874 g/mol. The van der Waals surface area contributed by atoms with Crippen molar-refractivity contribution >= 4 is 41.1 Å². The molecule has 3 heterocycles. The van der Waals surface area contributed by atoms with Crippen LogP contribution >= 0.6 is 11.3 Å². The number of β-amino-alcohol motifs (C(OH)–C–C–N with tert-alkyl or cyclic N) is 1. The van der Waals surface area contributed by atoms with Crippen LogP contribution in [0.1, 0.15) is 68.3 Å². The summed E-state index contributed by atoms with van der Waals surface area (Å²) in [5.41, 5.74) is 7.98. The minimum absolute atomic E-state index is 0.0394. The van der Waals surface area contributed by atoms with Crippen LogP contribution in [-0.2, 0) is 41.8 Å². The largest absolute Gasteiger partial charge is 0.448 e. The highest BCUT2D eigenvalue weighted by Crippen LogP contribution is 2.44. The second kappa shape index (κ2) is 20.0. The molecule has 4 aromatic rings. The van der Waals surface area contributed by atoms with Gasteiger partial charge in [0.2, 0.25) is 23.6 Å². The molecular weight excluding hydrogens is 821 g/mol. The van der Waals surface area contributed by atoms with Gasteiger partial charge in [-0.1, -0.05) is 99.5 Å². The quantitative estimate of drug-likeness (QED) is 0.122. The fourth-order valence-corrected chi connectivity index (χ4v) is 9.39. The Morgan fingerprint density at radius 2 is 1.65 bits per heavy atom. The van der Waals surface area contributed by atoms with E-state index in [-0.39, 0.29) is 75.9 Å². The molecule has 0 bridgehead atoms. The van der Waals surface area contributed by atoms with Gasteiger partial charge in [-0.25, -0.2) is 9.78 Å². The summed E-state index contributed by atoms with van der Waals surface area (Å²) in [6.45, 7) is 6.86. The van der Waals surface area contributed by atoms with Gasteiger partial charge in [0, 0.05) is 44.9 Å². The average molecular weight is 875 g/mol. The first-order valence-electron chi connectivity index (χ1n) is 21.3. The Labute approximate surface area is 371 Å². The van der Waals surface area contributed by atoms with Crippen molar-refractivity contribution < 1.29 is 38.6 Å². The number of ether oxygens (including phenoxy) is 2. The van der Waals surface area contributed by atoms with Gasteiger partial charge >= 0.3 is 6.09 Å². The van der Waals surface area contributed by atoms with Crippen molar-refractivity contribution in [2.45, 2.75) is 77.3 Å². The van der Waals surface area contributed by atoms with Gasteiger partial charge in [-0.3, -0.25) is 19.2 Å².